The molecule has 31 heavy (non-hydrogen) atoms. The van der Waals surface area contributed by atoms with Crippen LogP contribution < -0.4 is 0 Å². The van der Waals surface area contributed by atoms with Gasteiger partial charge >= 0.3 is 0 Å². The molecule has 3 atom stereocenters. The second-order valence-electron chi connectivity index (χ2n) is 8.59. The van der Waals surface area contributed by atoms with Crippen LogP contribution in [0.5, 0.6) is 0 Å². The van der Waals surface area contributed by atoms with E-state index in [-0.39, 0.29) is 29.3 Å². The number of ketones is 2. The monoisotopic (exact) mass is 403 g/mol. The predicted octanol–water partition coefficient (Wildman–Crippen LogP) is 5.60. The van der Waals surface area contributed by atoms with Gasteiger partial charge in [-0.05, 0) is 23.5 Å². The van der Waals surface area contributed by atoms with Gasteiger partial charge in [0.05, 0.1) is 11.6 Å². The van der Waals surface area contributed by atoms with Gasteiger partial charge in [-0.2, -0.15) is 0 Å². The fraction of sp³-hybridized carbons (Fsp3) is 0.179. The van der Waals surface area contributed by atoms with Gasteiger partial charge in [0, 0.05) is 34.8 Å². The fourth-order valence-electron chi connectivity index (χ4n) is 5.49. The van der Waals surface area contributed by atoms with Gasteiger partial charge in [-0.15, -0.1) is 0 Å². The number of fused-ring (bicyclic) bond motifs is 3. The molecule has 1 saturated carbocycles. The number of carbonyl (C=O) groups is 2. The van der Waals surface area contributed by atoms with E-state index in [1.807, 2.05) is 72.8 Å². The zero-order chi connectivity index (χ0) is 20.9. The lowest BCUT2D eigenvalue weighted by Crippen LogP contribution is -2.40. The molecule has 3 aliphatic rings. The molecular weight excluding hydrogens is 382 g/mol. The van der Waals surface area contributed by atoms with E-state index in [9.17, 15) is 9.59 Å². The van der Waals surface area contributed by atoms with Gasteiger partial charge in [0.1, 0.15) is 5.78 Å². The lowest BCUT2D eigenvalue weighted by molar-refractivity contribution is -0.122. The van der Waals surface area contributed by atoms with Crippen molar-refractivity contribution in [2.75, 3.05) is 0 Å². The van der Waals surface area contributed by atoms with E-state index < -0.39 is 0 Å². The summed E-state index contributed by atoms with van der Waals surface area (Å²) in [6, 6.07) is 27.9. The summed E-state index contributed by atoms with van der Waals surface area (Å²) in [5, 5.41) is 0. The quantitative estimate of drug-likeness (QED) is 0.559. The maximum absolute atomic E-state index is 13.5. The minimum Gasteiger partial charge on any atom is -0.299 e. The maximum atomic E-state index is 13.5. The van der Waals surface area contributed by atoms with Crippen molar-refractivity contribution in [1.29, 1.82) is 0 Å². The summed E-state index contributed by atoms with van der Waals surface area (Å²) < 4.78 is 0. The summed E-state index contributed by atoms with van der Waals surface area (Å²) >= 11 is 0. The zero-order valence-electron chi connectivity index (χ0n) is 17.0. The third kappa shape index (κ3) is 2.77. The lowest BCUT2D eigenvalue weighted by Gasteiger charge is -2.37. The van der Waals surface area contributed by atoms with Gasteiger partial charge in [-0.1, -0.05) is 84.9 Å². The third-order valence-electron chi connectivity index (χ3n) is 6.86. The topological polar surface area (TPSA) is 46.5 Å². The van der Waals surface area contributed by atoms with Crippen LogP contribution in [0.1, 0.15) is 51.7 Å². The van der Waals surface area contributed by atoms with Crippen molar-refractivity contribution in [3.63, 3.8) is 0 Å². The van der Waals surface area contributed by atoms with E-state index in [0.717, 1.165) is 29.0 Å². The molecule has 6 rings (SSSR count). The fourth-order valence-corrected chi connectivity index (χ4v) is 5.49. The van der Waals surface area contributed by atoms with Gasteiger partial charge in [0.2, 0.25) is 0 Å². The molecule has 0 radical (unpaired) electrons. The van der Waals surface area contributed by atoms with E-state index in [1.165, 1.54) is 5.56 Å². The Morgan fingerprint density at radius 3 is 1.97 bits per heavy atom. The summed E-state index contributed by atoms with van der Waals surface area (Å²) in [6.45, 7) is 0. The first-order valence-corrected chi connectivity index (χ1v) is 10.8. The highest BCUT2D eigenvalue weighted by Gasteiger charge is 2.48. The number of Topliss-reactive ketones (excluding diaryl/α,β-unsaturated/α-hetero) is 2. The number of benzene rings is 3. The Balaban J connectivity index is 1.53. The van der Waals surface area contributed by atoms with Crippen LogP contribution in [-0.4, -0.2) is 17.3 Å². The van der Waals surface area contributed by atoms with E-state index in [4.69, 9.17) is 4.99 Å². The normalized spacial score (nSPS) is 24.4. The number of hydrogen-bond donors (Lipinski definition) is 0. The summed E-state index contributed by atoms with van der Waals surface area (Å²) in [7, 11) is 0. The average Bonchev–Trinajstić information content (AvgIpc) is 3.11. The molecule has 1 fully saturated rings. The molecule has 0 spiro atoms. The molecule has 3 aromatic carbocycles. The molecule has 0 bridgehead atoms. The first-order valence-electron chi connectivity index (χ1n) is 10.8. The average molecular weight is 403 g/mol. The summed E-state index contributed by atoms with van der Waals surface area (Å²) in [6.07, 6.45) is 1.23. The molecule has 1 heterocycles. The van der Waals surface area contributed by atoms with Crippen molar-refractivity contribution >= 4 is 23.0 Å². The van der Waals surface area contributed by atoms with Crippen LogP contribution in [0, 0.1) is 5.92 Å². The minimum atomic E-state index is -0.362. The zero-order valence-corrected chi connectivity index (χ0v) is 17.0. The number of hydrogen-bond acceptors (Lipinski definition) is 3. The van der Waals surface area contributed by atoms with Gasteiger partial charge in [-0.3, -0.25) is 14.6 Å². The van der Waals surface area contributed by atoms with Gasteiger partial charge in [-0.25, -0.2) is 0 Å². The van der Waals surface area contributed by atoms with Crippen molar-refractivity contribution < 1.29 is 9.59 Å². The number of aliphatic imine (C=N–C) groups is 1. The molecule has 2 aliphatic carbocycles. The molecule has 1 unspecified atom stereocenters. The highest BCUT2D eigenvalue weighted by Crippen LogP contribution is 2.51. The van der Waals surface area contributed by atoms with E-state index in [0.29, 0.717) is 17.6 Å². The van der Waals surface area contributed by atoms with E-state index >= 15 is 0 Å². The molecule has 3 heteroatoms. The van der Waals surface area contributed by atoms with Gasteiger partial charge in [0.25, 0.3) is 0 Å². The molecule has 0 amide bonds. The maximum Gasteiger partial charge on any atom is 0.192 e. The van der Waals surface area contributed by atoms with Crippen molar-refractivity contribution in [2.45, 2.75) is 24.7 Å². The molecule has 3 aromatic rings. The smallest absolute Gasteiger partial charge is 0.192 e. The lowest BCUT2D eigenvalue weighted by atomic mass is 9.66. The van der Waals surface area contributed by atoms with Gasteiger partial charge < -0.3 is 0 Å². The molecule has 1 aliphatic heterocycles. The van der Waals surface area contributed by atoms with E-state index in [2.05, 4.69) is 12.1 Å². The highest BCUT2D eigenvalue weighted by molar-refractivity contribution is 6.25. The first kappa shape index (κ1) is 18.2. The second kappa shape index (κ2) is 6.98. The van der Waals surface area contributed by atoms with Crippen LogP contribution >= 0.6 is 0 Å². The van der Waals surface area contributed by atoms with Crippen molar-refractivity contribution in [1.82, 2.24) is 0 Å². The standard InChI is InChI=1S/C28H21NO2/c30-23-16-19(17-9-3-1-4-10-17)15-22-25(23)24(18-11-5-2-6-12-18)26-27(29-22)20-13-7-8-14-21(20)28(26)31/h1-14,19,24-25H,15-16H2/t19-,24-,25?/m0/s1. The van der Waals surface area contributed by atoms with Crippen LogP contribution in [0.25, 0.3) is 5.70 Å². The van der Waals surface area contributed by atoms with Crippen LogP contribution in [0.3, 0.4) is 0 Å². The Morgan fingerprint density at radius 2 is 1.26 bits per heavy atom. The number of rotatable bonds is 2. The Kier molecular flexibility index (Phi) is 4.10. The molecule has 0 saturated heterocycles. The van der Waals surface area contributed by atoms with Crippen molar-refractivity contribution in [3.8, 4) is 0 Å². The molecule has 150 valence electrons. The largest absolute Gasteiger partial charge is 0.299 e. The van der Waals surface area contributed by atoms with Crippen molar-refractivity contribution in [3.05, 3.63) is 113 Å². The van der Waals surface area contributed by atoms with E-state index in [1.54, 1.807) is 0 Å². The van der Waals surface area contributed by atoms with Crippen LogP contribution in [-0.2, 0) is 4.79 Å². The SMILES string of the molecule is O=C1C2=C(N=C3C[C@H](c4ccccc4)CC(=O)C3[C@@H]2c2ccccc2)c2ccccc21. The highest BCUT2D eigenvalue weighted by atomic mass is 16.1. The van der Waals surface area contributed by atoms with Crippen LogP contribution in [0.4, 0.5) is 0 Å². The number of allylic oxidation sites excluding steroid dienone is 1. The van der Waals surface area contributed by atoms with Gasteiger partial charge in [0.15, 0.2) is 5.78 Å². The minimum absolute atomic E-state index is 0.0141. The summed E-state index contributed by atoms with van der Waals surface area (Å²) in [5.41, 5.74) is 6.15. The Hall–Kier alpha value is -3.59. The summed E-state index contributed by atoms with van der Waals surface area (Å²) in [5.74, 6) is -0.301. The predicted molar refractivity (Wildman–Crippen MR) is 121 cm³/mol. The summed E-state index contributed by atoms with van der Waals surface area (Å²) in [4.78, 5) is 32.0. The van der Waals surface area contributed by atoms with Crippen LogP contribution in [0.15, 0.2) is 95.5 Å². The number of nitrogens with zero attached hydrogens (tertiary/aromatic N) is 1. The molecule has 0 N–H and O–H groups in total. The Morgan fingerprint density at radius 1 is 0.645 bits per heavy atom. The molecule has 0 aromatic heterocycles. The van der Waals surface area contributed by atoms with Crippen molar-refractivity contribution in [2.24, 2.45) is 10.9 Å². The Bertz CT molecular complexity index is 1270. The third-order valence-corrected chi connectivity index (χ3v) is 6.86. The molecule has 3 nitrogen and oxygen atoms in total. The Labute approximate surface area is 181 Å². The first-order chi connectivity index (χ1) is 15.2. The molecular formula is C28H21NO2. The van der Waals surface area contributed by atoms with Crippen LogP contribution in [0.2, 0.25) is 0 Å². The number of carbonyl (C=O) groups excluding carboxylic acids is 2. The second-order valence-corrected chi connectivity index (χ2v) is 8.59.